The van der Waals surface area contributed by atoms with E-state index >= 15 is 0 Å². The van der Waals surface area contributed by atoms with Crippen molar-refractivity contribution < 1.29 is 4.79 Å². The average molecular weight is 308 g/mol. The van der Waals surface area contributed by atoms with Crippen molar-refractivity contribution in [2.45, 2.75) is 13.8 Å². The first-order chi connectivity index (χ1) is 10.6. The molecule has 4 heteroatoms. The SMILES string of the molecule is Cc1ccc(-c2csc(C(=O)Nc3ccccc3)n2)cc1C. The van der Waals surface area contributed by atoms with E-state index in [0.717, 1.165) is 16.9 Å². The minimum absolute atomic E-state index is 0.175. The second-order valence-electron chi connectivity index (χ2n) is 5.16. The number of amides is 1. The van der Waals surface area contributed by atoms with E-state index in [0.29, 0.717) is 5.01 Å². The fourth-order valence-electron chi connectivity index (χ4n) is 2.12. The highest BCUT2D eigenvalue weighted by Gasteiger charge is 2.12. The van der Waals surface area contributed by atoms with Gasteiger partial charge in [-0.2, -0.15) is 0 Å². The summed E-state index contributed by atoms with van der Waals surface area (Å²) in [5.41, 5.74) is 5.13. The molecule has 0 radical (unpaired) electrons. The van der Waals surface area contributed by atoms with Gasteiger partial charge in [0.15, 0.2) is 5.01 Å². The van der Waals surface area contributed by atoms with E-state index in [1.54, 1.807) is 0 Å². The lowest BCUT2D eigenvalue weighted by Crippen LogP contribution is -2.11. The van der Waals surface area contributed by atoms with E-state index in [1.807, 2.05) is 41.8 Å². The van der Waals surface area contributed by atoms with Gasteiger partial charge in [0.2, 0.25) is 0 Å². The smallest absolute Gasteiger partial charge is 0.284 e. The number of thiazole rings is 1. The predicted molar refractivity (Wildman–Crippen MR) is 91.4 cm³/mol. The lowest BCUT2D eigenvalue weighted by molar-refractivity contribution is 0.102. The van der Waals surface area contributed by atoms with Gasteiger partial charge >= 0.3 is 0 Å². The molecule has 0 aliphatic rings. The molecule has 0 aliphatic heterocycles. The minimum atomic E-state index is -0.175. The molecule has 0 unspecified atom stereocenters. The molecule has 3 aromatic rings. The maximum atomic E-state index is 12.2. The van der Waals surface area contributed by atoms with Crippen LogP contribution in [0, 0.1) is 13.8 Å². The molecule has 3 rings (SSSR count). The number of aromatic nitrogens is 1. The maximum Gasteiger partial charge on any atom is 0.284 e. The Labute approximate surface area is 133 Å². The van der Waals surface area contributed by atoms with Gasteiger partial charge in [0, 0.05) is 16.6 Å². The zero-order valence-corrected chi connectivity index (χ0v) is 13.3. The molecule has 3 nitrogen and oxygen atoms in total. The van der Waals surface area contributed by atoms with Crippen molar-refractivity contribution in [3.63, 3.8) is 0 Å². The second-order valence-corrected chi connectivity index (χ2v) is 6.02. The molecule has 22 heavy (non-hydrogen) atoms. The molecule has 0 fully saturated rings. The molecule has 1 heterocycles. The summed E-state index contributed by atoms with van der Waals surface area (Å²) in [6, 6.07) is 15.6. The minimum Gasteiger partial charge on any atom is -0.320 e. The number of carbonyl (C=O) groups excluding carboxylic acids is 1. The first kappa shape index (κ1) is 14.5. The summed E-state index contributed by atoms with van der Waals surface area (Å²) in [6.45, 7) is 4.16. The van der Waals surface area contributed by atoms with Gasteiger partial charge in [-0.25, -0.2) is 4.98 Å². The number of hydrogen-bond donors (Lipinski definition) is 1. The van der Waals surface area contributed by atoms with Crippen molar-refractivity contribution >= 4 is 22.9 Å². The molecule has 0 saturated heterocycles. The number of para-hydroxylation sites is 1. The molecule has 1 N–H and O–H groups in total. The Hall–Kier alpha value is -2.46. The molecule has 0 aliphatic carbocycles. The van der Waals surface area contributed by atoms with Crippen LogP contribution in [0.4, 0.5) is 5.69 Å². The van der Waals surface area contributed by atoms with Crippen molar-refractivity contribution in [2.75, 3.05) is 5.32 Å². The van der Waals surface area contributed by atoms with Crippen LogP contribution in [0.25, 0.3) is 11.3 Å². The van der Waals surface area contributed by atoms with E-state index in [1.165, 1.54) is 22.5 Å². The fourth-order valence-corrected chi connectivity index (χ4v) is 2.84. The van der Waals surface area contributed by atoms with Crippen LogP contribution < -0.4 is 5.32 Å². The zero-order chi connectivity index (χ0) is 15.5. The summed E-state index contributed by atoms with van der Waals surface area (Å²) >= 11 is 1.36. The Balaban J connectivity index is 1.81. The number of nitrogens with one attached hydrogen (secondary N) is 1. The van der Waals surface area contributed by atoms with Gasteiger partial charge in [0.25, 0.3) is 5.91 Å². The third-order valence-corrected chi connectivity index (χ3v) is 4.37. The van der Waals surface area contributed by atoms with Crippen molar-refractivity contribution in [1.82, 2.24) is 4.98 Å². The van der Waals surface area contributed by atoms with Gasteiger partial charge in [-0.05, 0) is 43.2 Å². The third kappa shape index (κ3) is 3.07. The summed E-state index contributed by atoms with van der Waals surface area (Å²) in [6.07, 6.45) is 0. The van der Waals surface area contributed by atoms with Gasteiger partial charge in [0.1, 0.15) is 0 Å². The van der Waals surface area contributed by atoms with Crippen molar-refractivity contribution in [2.24, 2.45) is 0 Å². The Morgan fingerprint density at radius 3 is 2.55 bits per heavy atom. The molecule has 0 atom stereocenters. The number of aryl methyl sites for hydroxylation is 2. The molecule has 0 bridgehead atoms. The molecular formula is C18H16N2OS. The molecule has 2 aromatic carbocycles. The fraction of sp³-hybridized carbons (Fsp3) is 0.111. The van der Waals surface area contributed by atoms with E-state index in [9.17, 15) is 4.79 Å². The highest BCUT2D eigenvalue weighted by molar-refractivity contribution is 7.12. The Bertz CT molecular complexity index is 809. The van der Waals surface area contributed by atoms with Crippen molar-refractivity contribution in [3.8, 4) is 11.3 Å². The lowest BCUT2D eigenvalue weighted by atomic mass is 10.1. The highest BCUT2D eigenvalue weighted by atomic mass is 32.1. The van der Waals surface area contributed by atoms with Crippen LogP contribution in [0.5, 0.6) is 0 Å². The topological polar surface area (TPSA) is 42.0 Å². The summed E-state index contributed by atoms with van der Waals surface area (Å²) in [4.78, 5) is 16.7. The highest BCUT2D eigenvalue weighted by Crippen LogP contribution is 2.24. The molecule has 1 aromatic heterocycles. The van der Waals surface area contributed by atoms with E-state index in [4.69, 9.17) is 0 Å². The largest absolute Gasteiger partial charge is 0.320 e. The molecule has 0 saturated carbocycles. The van der Waals surface area contributed by atoms with Crippen LogP contribution in [0.15, 0.2) is 53.9 Å². The third-order valence-electron chi connectivity index (χ3n) is 3.53. The normalized spacial score (nSPS) is 10.5. The number of carbonyl (C=O) groups is 1. The van der Waals surface area contributed by atoms with E-state index < -0.39 is 0 Å². The zero-order valence-electron chi connectivity index (χ0n) is 12.5. The van der Waals surface area contributed by atoms with Crippen LogP contribution in [0.2, 0.25) is 0 Å². The van der Waals surface area contributed by atoms with Crippen LogP contribution in [0.1, 0.15) is 20.9 Å². The number of nitrogens with zero attached hydrogens (tertiary/aromatic N) is 1. The van der Waals surface area contributed by atoms with Gasteiger partial charge in [-0.15, -0.1) is 11.3 Å². The molecule has 110 valence electrons. The predicted octanol–water partition coefficient (Wildman–Crippen LogP) is 4.68. The van der Waals surface area contributed by atoms with Gasteiger partial charge in [-0.1, -0.05) is 30.3 Å². The maximum absolute atomic E-state index is 12.2. The van der Waals surface area contributed by atoms with Crippen LogP contribution in [-0.2, 0) is 0 Å². The molecule has 0 spiro atoms. The lowest BCUT2D eigenvalue weighted by Gasteiger charge is -2.03. The first-order valence-corrected chi connectivity index (χ1v) is 7.91. The number of hydrogen-bond acceptors (Lipinski definition) is 3. The Morgan fingerprint density at radius 2 is 1.82 bits per heavy atom. The summed E-state index contributed by atoms with van der Waals surface area (Å²) in [7, 11) is 0. The summed E-state index contributed by atoms with van der Waals surface area (Å²) < 4.78 is 0. The molecule has 1 amide bonds. The van der Waals surface area contributed by atoms with Crippen molar-refractivity contribution in [3.05, 3.63) is 70.0 Å². The summed E-state index contributed by atoms with van der Waals surface area (Å²) in [5.74, 6) is -0.175. The monoisotopic (exact) mass is 308 g/mol. The standard InChI is InChI=1S/C18H16N2OS/c1-12-8-9-14(10-13(12)2)16-11-22-18(20-16)17(21)19-15-6-4-3-5-7-15/h3-11H,1-2H3,(H,19,21). The quantitative estimate of drug-likeness (QED) is 0.763. The van der Waals surface area contributed by atoms with E-state index in [2.05, 4.69) is 36.3 Å². The van der Waals surface area contributed by atoms with Crippen LogP contribution >= 0.6 is 11.3 Å². The van der Waals surface area contributed by atoms with Gasteiger partial charge < -0.3 is 5.32 Å². The van der Waals surface area contributed by atoms with E-state index in [-0.39, 0.29) is 5.91 Å². The second kappa shape index (κ2) is 6.12. The van der Waals surface area contributed by atoms with Gasteiger partial charge in [0.05, 0.1) is 5.69 Å². The molecular weight excluding hydrogens is 292 g/mol. The summed E-state index contributed by atoms with van der Waals surface area (Å²) in [5, 5.41) is 5.24. The Morgan fingerprint density at radius 1 is 1.05 bits per heavy atom. The average Bonchev–Trinajstić information content (AvgIpc) is 3.01. The number of anilines is 1. The Kier molecular flexibility index (Phi) is 4.02. The first-order valence-electron chi connectivity index (χ1n) is 7.03. The number of rotatable bonds is 3. The van der Waals surface area contributed by atoms with Crippen molar-refractivity contribution in [1.29, 1.82) is 0 Å². The van der Waals surface area contributed by atoms with Crippen LogP contribution in [-0.4, -0.2) is 10.9 Å². The van der Waals surface area contributed by atoms with Gasteiger partial charge in [-0.3, -0.25) is 4.79 Å². The number of benzene rings is 2. The van der Waals surface area contributed by atoms with Crippen LogP contribution in [0.3, 0.4) is 0 Å².